The standard InChI is InChI=1S/C18H33N7.HI/c1-14-22-23-17(24(14)3)12-20-18(19-2)21-15-8-7-11-25(13-15)16-9-5-4-6-10-16;/h15-16H,4-13H2,1-3H3,(H2,19,20,21);1H. The Morgan fingerprint density at radius 3 is 2.58 bits per heavy atom. The first-order chi connectivity index (χ1) is 12.2. The maximum absolute atomic E-state index is 4.39. The maximum atomic E-state index is 4.39. The minimum atomic E-state index is 0. The van der Waals surface area contributed by atoms with E-state index in [1.54, 1.807) is 0 Å². The largest absolute Gasteiger partial charge is 0.352 e. The Kier molecular flexibility index (Phi) is 8.59. The molecule has 1 aliphatic carbocycles. The fraction of sp³-hybridized carbons (Fsp3) is 0.833. The van der Waals surface area contributed by atoms with Crippen LogP contribution in [0.4, 0.5) is 0 Å². The van der Waals surface area contributed by atoms with E-state index in [0.29, 0.717) is 12.6 Å². The number of rotatable bonds is 4. The van der Waals surface area contributed by atoms with Crippen molar-refractivity contribution < 1.29 is 0 Å². The van der Waals surface area contributed by atoms with E-state index in [0.717, 1.165) is 30.2 Å². The molecule has 1 unspecified atom stereocenters. The average Bonchev–Trinajstić information content (AvgIpc) is 2.98. The molecule has 0 aromatic carbocycles. The topological polar surface area (TPSA) is 70.4 Å². The van der Waals surface area contributed by atoms with Gasteiger partial charge in [0.2, 0.25) is 0 Å². The van der Waals surface area contributed by atoms with Crippen LogP contribution < -0.4 is 10.6 Å². The second-order valence-corrected chi connectivity index (χ2v) is 7.42. The molecule has 7 nitrogen and oxygen atoms in total. The van der Waals surface area contributed by atoms with E-state index >= 15 is 0 Å². The van der Waals surface area contributed by atoms with Crippen LogP contribution in [0.1, 0.15) is 56.6 Å². The highest BCUT2D eigenvalue weighted by atomic mass is 127. The quantitative estimate of drug-likeness (QED) is 0.397. The SMILES string of the molecule is CN=C(NCc1nnc(C)n1C)NC1CCCN(C2CCCCC2)C1.I. The molecule has 1 aromatic rings. The van der Waals surface area contributed by atoms with E-state index in [1.807, 2.05) is 25.6 Å². The minimum absolute atomic E-state index is 0. The third-order valence-corrected chi connectivity index (χ3v) is 5.71. The molecule has 148 valence electrons. The Morgan fingerprint density at radius 1 is 1.15 bits per heavy atom. The molecule has 1 saturated heterocycles. The summed E-state index contributed by atoms with van der Waals surface area (Å²) in [7, 11) is 3.82. The van der Waals surface area contributed by atoms with Crippen molar-refractivity contribution in [3.05, 3.63) is 11.6 Å². The van der Waals surface area contributed by atoms with Crippen LogP contribution in [0.25, 0.3) is 0 Å². The van der Waals surface area contributed by atoms with Crippen LogP contribution in [0.15, 0.2) is 4.99 Å². The molecule has 0 spiro atoms. The zero-order chi connectivity index (χ0) is 17.6. The van der Waals surface area contributed by atoms with Crippen LogP contribution >= 0.6 is 24.0 Å². The van der Waals surface area contributed by atoms with E-state index in [1.165, 1.54) is 51.5 Å². The lowest BCUT2D eigenvalue weighted by atomic mass is 9.92. The van der Waals surface area contributed by atoms with E-state index in [9.17, 15) is 0 Å². The van der Waals surface area contributed by atoms with Crippen molar-refractivity contribution in [3.8, 4) is 0 Å². The smallest absolute Gasteiger partial charge is 0.191 e. The number of nitrogens with zero attached hydrogens (tertiary/aromatic N) is 5. The summed E-state index contributed by atoms with van der Waals surface area (Å²) in [5, 5.41) is 15.3. The summed E-state index contributed by atoms with van der Waals surface area (Å²) in [6.07, 6.45) is 9.47. The Morgan fingerprint density at radius 2 is 1.92 bits per heavy atom. The normalized spacial score (nSPS) is 22.7. The summed E-state index contributed by atoms with van der Waals surface area (Å²) in [5.41, 5.74) is 0. The molecule has 1 aliphatic heterocycles. The molecular weight excluding hydrogens is 441 g/mol. The van der Waals surface area contributed by atoms with Crippen molar-refractivity contribution >= 4 is 29.9 Å². The van der Waals surface area contributed by atoms with Crippen molar-refractivity contribution in [2.75, 3.05) is 20.1 Å². The number of piperidine rings is 1. The lowest BCUT2D eigenvalue weighted by Crippen LogP contribution is -2.53. The summed E-state index contributed by atoms with van der Waals surface area (Å²) in [6.45, 7) is 4.99. The third-order valence-electron chi connectivity index (χ3n) is 5.71. The molecule has 1 aromatic heterocycles. The van der Waals surface area contributed by atoms with Crippen molar-refractivity contribution in [1.82, 2.24) is 30.3 Å². The van der Waals surface area contributed by atoms with Gasteiger partial charge in [-0.3, -0.25) is 9.89 Å². The fourth-order valence-corrected chi connectivity index (χ4v) is 4.06. The Hall–Kier alpha value is -0.900. The van der Waals surface area contributed by atoms with Crippen LogP contribution in [0.3, 0.4) is 0 Å². The molecule has 0 amide bonds. The van der Waals surface area contributed by atoms with Crippen LogP contribution in [0.2, 0.25) is 0 Å². The summed E-state index contributed by atoms with van der Waals surface area (Å²) >= 11 is 0. The molecule has 2 fully saturated rings. The van der Waals surface area contributed by atoms with Crippen LogP contribution in [0.5, 0.6) is 0 Å². The summed E-state index contributed by atoms with van der Waals surface area (Å²) in [5.74, 6) is 2.71. The highest BCUT2D eigenvalue weighted by Gasteiger charge is 2.27. The predicted molar refractivity (Wildman–Crippen MR) is 116 cm³/mol. The van der Waals surface area contributed by atoms with E-state index in [4.69, 9.17) is 0 Å². The summed E-state index contributed by atoms with van der Waals surface area (Å²) < 4.78 is 2.01. The molecule has 3 rings (SSSR count). The van der Waals surface area contributed by atoms with Crippen LogP contribution in [-0.4, -0.2) is 57.8 Å². The zero-order valence-corrected chi connectivity index (χ0v) is 18.7. The van der Waals surface area contributed by atoms with Crippen molar-refractivity contribution in [3.63, 3.8) is 0 Å². The van der Waals surface area contributed by atoms with Gasteiger partial charge in [-0.15, -0.1) is 34.2 Å². The predicted octanol–water partition coefficient (Wildman–Crippen LogP) is 2.20. The molecule has 2 heterocycles. The molecule has 1 saturated carbocycles. The maximum Gasteiger partial charge on any atom is 0.191 e. The zero-order valence-electron chi connectivity index (χ0n) is 16.4. The molecule has 1 atom stereocenters. The second kappa shape index (κ2) is 10.4. The van der Waals surface area contributed by atoms with Crippen molar-refractivity contribution in [2.24, 2.45) is 12.0 Å². The lowest BCUT2D eigenvalue weighted by molar-refractivity contribution is 0.115. The number of aryl methyl sites for hydroxylation is 1. The molecule has 8 heteroatoms. The number of nitrogens with one attached hydrogen (secondary N) is 2. The van der Waals surface area contributed by atoms with Crippen molar-refractivity contribution in [2.45, 2.75) is 70.5 Å². The van der Waals surface area contributed by atoms with Gasteiger partial charge in [0, 0.05) is 32.7 Å². The second-order valence-electron chi connectivity index (χ2n) is 7.42. The number of aliphatic imine (C=N–C) groups is 1. The van der Waals surface area contributed by atoms with Gasteiger partial charge in [0.1, 0.15) is 5.82 Å². The van der Waals surface area contributed by atoms with E-state index in [2.05, 4.69) is 30.7 Å². The van der Waals surface area contributed by atoms with E-state index < -0.39 is 0 Å². The van der Waals surface area contributed by atoms with Gasteiger partial charge in [-0.05, 0) is 39.2 Å². The van der Waals surface area contributed by atoms with Gasteiger partial charge in [0.15, 0.2) is 11.8 Å². The lowest BCUT2D eigenvalue weighted by Gasteiger charge is -2.40. The first-order valence-corrected chi connectivity index (χ1v) is 9.73. The van der Waals surface area contributed by atoms with Crippen LogP contribution in [0, 0.1) is 6.92 Å². The number of halogens is 1. The summed E-state index contributed by atoms with van der Waals surface area (Å²) in [6, 6.07) is 1.28. The number of likely N-dealkylation sites (tertiary alicyclic amines) is 1. The number of aromatic nitrogens is 3. The molecular formula is C18H34IN7. The van der Waals surface area contributed by atoms with Gasteiger partial charge in [-0.25, -0.2) is 0 Å². The van der Waals surface area contributed by atoms with Crippen molar-refractivity contribution in [1.29, 1.82) is 0 Å². The minimum Gasteiger partial charge on any atom is -0.352 e. The fourth-order valence-electron chi connectivity index (χ4n) is 4.06. The molecule has 2 aliphatic rings. The average molecular weight is 475 g/mol. The number of hydrogen-bond donors (Lipinski definition) is 2. The van der Waals surface area contributed by atoms with Gasteiger partial charge >= 0.3 is 0 Å². The molecule has 0 radical (unpaired) electrons. The third kappa shape index (κ3) is 5.55. The van der Waals surface area contributed by atoms with Crippen LogP contribution in [-0.2, 0) is 13.6 Å². The van der Waals surface area contributed by atoms with Gasteiger partial charge in [0.25, 0.3) is 0 Å². The van der Waals surface area contributed by atoms with Gasteiger partial charge in [0.05, 0.1) is 6.54 Å². The Bertz CT molecular complexity index is 580. The molecule has 26 heavy (non-hydrogen) atoms. The number of guanidine groups is 1. The number of hydrogen-bond acceptors (Lipinski definition) is 4. The van der Waals surface area contributed by atoms with Gasteiger partial charge in [-0.2, -0.15) is 0 Å². The monoisotopic (exact) mass is 475 g/mol. The van der Waals surface area contributed by atoms with Gasteiger partial charge in [-0.1, -0.05) is 19.3 Å². The Labute approximate surface area is 174 Å². The van der Waals surface area contributed by atoms with Gasteiger partial charge < -0.3 is 15.2 Å². The molecule has 0 bridgehead atoms. The van der Waals surface area contributed by atoms with E-state index in [-0.39, 0.29) is 24.0 Å². The summed E-state index contributed by atoms with van der Waals surface area (Å²) in [4.78, 5) is 7.10. The highest BCUT2D eigenvalue weighted by Crippen LogP contribution is 2.25. The first kappa shape index (κ1) is 21.4. The molecule has 2 N–H and O–H groups in total. The first-order valence-electron chi connectivity index (χ1n) is 9.73. The Balaban J connectivity index is 0.00000243. The highest BCUT2D eigenvalue weighted by molar-refractivity contribution is 14.0.